The Bertz CT molecular complexity index is 777. The summed E-state index contributed by atoms with van der Waals surface area (Å²) in [6.45, 7) is 6.96. The summed E-state index contributed by atoms with van der Waals surface area (Å²) in [7, 11) is 0. The largest absolute Gasteiger partial charge is 0.352 e. The number of carbonyl (C=O) groups is 1. The van der Waals surface area contributed by atoms with Crippen molar-refractivity contribution in [2.45, 2.75) is 69.4 Å². The molecule has 0 aliphatic heterocycles. The van der Waals surface area contributed by atoms with Crippen LogP contribution >= 0.6 is 23.4 Å². The van der Waals surface area contributed by atoms with E-state index < -0.39 is 0 Å². The smallest absolute Gasteiger partial charge is 0.233 e. The van der Waals surface area contributed by atoms with E-state index in [4.69, 9.17) is 11.6 Å². The van der Waals surface area contributed by atoms with Crippen molar-refractivity contribution < 1.29 is 4.79 Å². The fraction of sp³-hybridized carbons (Fsp3) is 0.550. The molecule has 2 aromatic rings. The zero-order chi connectivity index (χ0) is 19.4. The van der Waals surface area contributed by atoms with Gasteiger partial charge in [0, 0.05) is 23.2 Å². The number of hydrogen-bond donors (Lipinski definition) is 1. The number of hydrogen-bond acceptors (Lipinski definition) is 4. The lowest BCUT2D eigenvalue weighted by molar-refractivity contribution is -0.121. The van der Waals surface area contributed by atoms with Crippen LogP contribution in [0, 0.1) is 5.92 Å². The highest BCUT2D eigenvalue weighted by molar-refractivity contribution is 8.00. The van der Waals surface area contributed by atoms with E-state index in [1.165, 1.54) is 31.0 Å². The molecule has 5 nitrogen and oxygen atoms in total. The molecule has 0 bridgehead atoms. The Morgan fingerprint density at radius 3 is 2.67 bits per heavy atom. The molecule has 3 rings (SSSR count). The first-order chi connectivity index (χ1) is 13.0. The van der Waals surface area contributed by atoms with Crippen LogP contribution in [0.4, 0.5) is 0 Å². The highest BCUT2D eigenvalue weighted by Crippen LogP contribution is 2.28. The van der Waals surface area contributed by atoms with Gasteiger partial charge in [0.05, 0.1) is 5.25 Å². The van der Waals surface area contributed by atoms with Gasteiger partial charge < -0.3 is 9.88 Å². The van der Waals surface area contributed by atoms with Gasteiger partial charge in [0.1, 0.15) is 0 Å². The second kappa shape index (κ2) is 9.11. The number of halogens is 1. The summed E-state index contributed by atoms with van der Waals surface area (Å²) < 4.78 is 2.04. The molecule has 7 heteroatoms. The number of benzene rings is 1. The van der Waals surface area contributed by atoms with Crippen LogP contribution in [0.15, 0.2) is 29.4 Å². The summed E-state index contributed by atoms with van der Waals surface area (Å²) in [6.07, 6.45) is 4.74. The molecule has 0 unspecified atom stereocenters. The maximum Gasteiger partial charge on any atom is 0.233 e. The minimum Gasteiger partial charge on any atom is -0.352 e. The summed E-state index contributed by atoms with van der Waals surface area (Å²) in [5, 5.41) is 13.2. The first-order valence-corrected chi connectivity index (χ1v) is 10.9. The van der Waals surface area contributed by atoms with Crippen molar-refractivity contribution in [2.24, 2.45) is 5.92 Å². The van der Waals surface area contributed by atoms with Gasteiger partial charge in [-0.2, -0.15) is 0 Å². The van der Waals surface area contributed by atoms with E-state index in [2.05, 4.69) is 29.4 Å². The number of thioether (sulfide) groups is 1. The normalized spacial score (nSPS) is 21.0. The van der Waals surface area contributed by atoms with Crippen LogP contribution in [0.2, 0.25) is 5.02 Å². The fourth-order valence-corrected chi connectivity index (χ4v) is 4.56. The lowest BCUT2D eigenvalue weighted by Crippen LogP contribution is -2.44. The average Bonchev–Trinajstić information content (AvgIpc) is 3.06. The van der Waals surface area contributed by atoms with Crippen LogP contribution in [0.25, 0.3) is 11.4 Å². The van der Waals surface area contributed by atoms with E-state index in [0.717, 1.165) is 29.5 Å². The van der Waals surface area contributed by atoms with E-state index in [0.29, 0.717) is 17.0 Å². The number of aromatic nitrogens is 3. The molecule has 0 saturated heterocycles. The number of amides is 1. The molecule has 1 aromatic carbocycles. The van der Waals surface area contributed by atoms with Crippen molar-refractivity contribution in [1.82, 2.24) is 20.1 Å². The topological polar surface area (TPSA) is 59.8 Å². The fourth-order valence-electron chi connectivity index (χ4n) is 3.52. The van der Waals surface area contributed by atoms with Crippen LogP contribution in [0.1, 0.15) is 46.5 Å². The van der Waals surface area contributed by atoms with Gasteiger partial charge in [0.25, 0.3) is 0 Å². The van der Waals surface area contributed by atoms with Crippen LogP contribution in [-0.2, 0) is 11.3 Å². The van der Waals surface area contributed by atoms with Crippen molar-refractivity contribution in [2.75, 3.05) is 0 Å². The quantitative estimate of drug-likeness (QED) is 0.700. The predicted molar refractivity (Wildman–Crippen MR) is 111 cm³/mol. The Morgan fingerprint density at radius 1 is 1.30 bits per heavy atom. The highest BCUT2D eigenvalue weighted by Gasteiger charge is 2.26. The number of rotatable bonds is 6. The minimum absolute atomic E-state index is 0.0810. The van der Waals surface area contributed by atoms with Crippen LogP contribution in [-0.4, -0.2) is 32.0 Å². The minimum atomic E-state index is -0.216. The predicted octanol–water partition coefficient (Wildman–Crippen LogP) is 4.79. The van der Waals surface area contributed by atoms with E-state index >= 15 is 0 Å². The molecule has 3 atom stereocenters. The molecule has 1 aliphatic carbocycles. The highest BCUT2D eigenvalue weighted by atomic mass is 35.5. The van der Waals surface area contributed by atoms with Gasteiger partial charge >= 0.3 is 0 Å². The molecule has 1 N–H and O–H groups in total. The molecule has 146 valence electrons. The average molecular weight is 407 g/mol. The summed E-state index contributed by atoms with van der Waals surface area (Å²) in [5.41, 5.74) is 0.966. The third kappa shape index (κ3) is 4.85. The number of carbonyl (C=O) groups excluding carboxylic acids is 1. The number of nitrogens with zero attached hydrogens (tertiary/aromatic N) is 3. The Morgan fingerprint density at radius 2 is 2.00 bits per heavy atom. The zero-order valence-corrected chi connectivity index (χ0v) is 17.7. The molecule has 1 fully saturated rings. The van der Waals surface area contributed by atoms with Crippen LogP contribution < -0.4 is 5.32 Å². The second-order valence-electron chi connectivity index (χ2n) is 7.19. The van der Waals surface area contributed by atoms with Crippen molar-refractivity contribution in [3.8, 4) is 11.4 Å². The summed E-state index contributed by atoms with van der Waals surface area (Å²) in [5.74, 6) is 1.43. The molecule has 1 saturated carbocycles. The van der Waals surface area contributed by atoms with Gasteiger partial charge in [-0.3, -0.25) is 4.79 Å². The Kier molecular flexibility index (Phi) is 6.82. The summed E-state index contributed by atoms with van der Waals surface area (Å²) >= 11 is 7.44. The van der Waals surface area contributed by atoms with Crippen LogP contribution in [0.3, 0.4) is 0 Å². The lowest BCUT2D eigenvalue weighted by atomic mass is 9.86. The molecule has 0 spiro atoms. The van der Waals surface area contributed by atoms with Crippen molar-refractivity contribution in [1.29, 1.82) is 0 Å². The first-order valence-electron chi connectivity index (χ1n) is 9.65. The summed E-state index contributed by atoms with van der Waals surface area (Å²) in [6, 6.07) is 7.86. The molecule has 1 heterocycles. The van der Waals surface area contributed by atoms with Crippen molar-refractivity contribution >= 4 is 29.3 Å². The van der Waals surface area contributed by atoms with Crippen molar-refractivity contribution in [3.05, 3.63) is 29.3 Å². The van der Waals surface area contributed by atoms with E-state index in [1.54, 1.807) is 0 Å². The van der Waals surface area contributed by atoms with E-state index in [9.17, 15) is 4.79 Å². The van der Waals surface area contributed by atoms with Gasteiger partial charge in [-0.05, 0) is 56.9 Å². The maximum absolute atomic E-state index is 12.7. The lowest BCUT2D eigenvalue weighted by Gasteiger charge is -2.30. The van der Waals surface area contributed by atoms with Gasteiger partial charge in [-0.25, -0.2) is 0 Å². The third-order valence-corrected chi connectivity index (χ3v) is 6.56. The third-order valence-electron chi connectivity index (χ3n) is 5.23. The first kappa shape index (κ1) is 20.2. The zero-order valence-electron chi connectivity index (χ0n) is 16.1. The van der Waals surface area contributed by atoms with E-state index in [-0.39, 0.29) is 11.2 Å². The van der Waals surface area contributed by atoms with Crippen molar-refractivity contribution in [3.63, 3.8) is 0 Å². The van der Waals surface area contributed by atoms with Gasteiger partial charge in [-0.1, -0.05) is 43.1 Å². The Hall–Kier alpha value is -1.53. The molecular weight excluding hydrogens is 380 g/mol. The van der Waals surface area contributed by atoms with Gasteiger partial charge in [-0.15, -0.1) is 10.2 Å². The van der Waals surface area contributed by atoms with Gasteiger partial charge in [0.15, 0.2) is 11.0 Å². The molecule has 1 aliphatic rings. The maximum atomic E-state index is 12.7. The van der Waals surface area contributed by atoms with Gasteiger partial charge in [0.2, 0.25) is 5.91 Å². The molecule has 1 aromatic heterocycles. The Labute approximate surface area is 170 Å². The van der Waals surface area contributed by atoms with E-state index in [1.807, 2.05) is 35.8 Å². The number of nitrogens with one attached hydrogen (secondary N) is 1. The monoisotopic (exact) mass is 406 g/mol. The van der Waals surface area contributed by atoms with Crippen LogP contribution in [0.5, 0.6) is 0 Å². The standard InChI is InChI=1S/C20H27ClN4OS/c1-4-25-18(15-9-11-16(21)12-10-15)23-24-20(25)27-14(3)19(26)22-17-8-6-5-7-13(17)2/h9-14,17H,4-8H2,1-3H3,(H,22,26)/t13-,14-,17+/m0/s1. The molecule has 0 radical (unpaired) electrons. The second-order valence-corrected chi connectivity index (χ2v) is 8.94. The summed E-state index contributed by atoms with van der Waals surface area (Å²) in [4.78, 5) is 12.7. The SMILES string of the molecule is CCn1c(S[C@@H](C)C(=O)N[C@@H]2CCCC[C@@H]2C)nnc1-c1ccc(Cl)cc1. The Balaban J connectivity index is 1.69. The molecule has 27 heavy (non-hydrogen) atoms. The molecule has 1 amide bonds. The molecular formula is C20H27ClN4OS.